The first-order chi connectivity index (χ1) is 9.77. The normalized spacial score (nSPS) is 24.7. The number of aromatic amines is 1. The Balaban J connectivity index is 0.00000132. The molecule has 21 heavy (non-hydrogen) atoms. The fourth-order valence-electron chi connectivity index (χ4n) is 3.53. The molecule has 2 N–H and O–H groups in total. The summed E-state index contributed by atoms with van der Waals surface area (Å²) in [4.78, 5) is 14.7. The van der Waals surface area contributed by atoms with Gasteiger partial charge in [-0.3, -0.25) is 9.89 Å². The first-order valence-corrected chi connectivity index (χ1v) is 7.21. The minimum atomic E-state index is 0. The zero-order valence-electron chi connectivity index (χ0n) is 11.8. The number of amides is 1. The number of likely N-dealkylation sites (tertiary alicyclic amines) is 1. The molecule has 2 aliphatic rings. The third kappa shape index (κ3) is 2.30. The number of carbonyl (C=O) groups excluding carboxylic acids is 1. The first kappa shape index (κ1) is 14.4. The van der Waals surface area contributed by atoms with E-state index in [0.717, 1.165) is 43.5 Å². The molecule has 2 saturated heterocycles. The molecule has 1 amide bonds. The van der Waals surface area contributed by atoms with E-state index in [9.17, 15) is 4.79 Å². The van der Waals surface area contributed by atoms with Crippen molar-refractivity contribution in [3.05, 3.63) is 30.0 Å². The number of halogens is 1. The van der Waals surface area contributed by atoms with Crippen LogP contribution in [-0.4, -0.2) is 47.2 Å². The van der Waals surface area contributed by atoms with Crippen LogP contribution >= 0.6 is 12.4 Å². The maximum atomic E-state index is 12.7. The number of aromatic nitrogens is 2. The fraction of sp³-hybridized carbons (Fsp3) is 0.467. The summed E-state index contributed by atoms with van der Waals surface area (Å²) >= 11 is 0. The van der Waals surface area contributed by atoms with Crippen molar-refractivity contribution in [2.24, 2.45) is 5.41 Å². The highest BCUT2D eigenvalue weighted by Crippen LogP contribution is 2.36. The van der Waals surface area contributed by atoms with Crippen LogP contribution in [-0.2, 0) is 0 Å². The van der Waals surface area contributed by atoms with Crippen molar-refractivity contribution in [2.75, 3.05) is 26.2 Å². The van der Waals surface area contributed by atoms with E-state index in [1.165, 1.54) is 6.42 Å². The number of rotatable bonds is 1. The number of hydrogen-bond acceptors (Lipinski definition) is 3. The van der Waals surface area contributed by atoms with E-state index < -0.39 is 0 Å². The van der Waals surface area contributed by atoms with Crippen LogP contribution in [0.3, 0.4) is 0 Å². The molecule has 0 aliphatic carbocycles. The quantitative estimate of drug-likeness (QED) is 0.845. The van der Waals surface area contributed by atoms with E-state index in [1.54, 1.807) is 0 Å². The van der Waals surface area contributed by atoms with Gasteiger partial charge in [-0.05, 0) is 25.5 Å². The van der Waals surface area contributed by atoms with Gasteiger partial charge in [-0.1, -0.05) is 18.2 Å². The molecular formula is C15H19ClN4O. The Hall–Kier alpha value is -1.59. The molecule has 1 unspecified atom stereocenters. The molecule has 6 heteroatoms. The van der Waals surface area contributed by atoms with Crippen molar-refractivity contribution in [1.29, 1.82) is 0 Å². The third-order valence-electron chi connectivity index (χ3n) is 4.73. The molecule has 1 spiro atoms. The Labute approximate surface area is 129 Å². The number of nitrogens with zero attached hydrogens (tertiary/aromatic N) is 2. The van der Waals surface area contributed by atoms with Gasteiger partial charge in [0.1, 0.15) is 0 Å². The van der Waals surface area contributed by atoms with Crippen LogP contribution in [0.15, 0.2) is 24.3 Å². The van der Waals surface area contributed by atoms with Gasteiger partial charge in [0.25, 0.3) is 5.91 Å². The van der Waals surface area contributed by atoms with Crippen molar-refractivity contribution >= 4 is 29.2 Å². The molecule has 1 atom stereocenters. The van der Waals surface area contributed by atoms with E-state index in [-0.39, 0.29) is 18.3 Å². The number of hydrogen-bond donors (Lipinski definition) is 2. The van der Waals surface area contributed by atoms with Gasteiger partial charge in [0.2, 0.25) is 0 Å². The smallest absolute Gasteiger partial charge is 0.275 e. The minimum absolute atomic E-state index is 0. The summed E-state index contributed by atoms with van der Waals surface area (Å²) in [6, 6.07) is 7.80. The van der Waals surface area contributed by atoms with E-state index in [2.05, 4.69) is 15.5 Å². The molecule has 112 valence electrons. The van der Waals surface area contributed by atoms with Gasteiger partial charge < -0.3 is 10.2 Å². The molecule has 0 saturated carbocycles. The molecule has 0 bridgehead atoms. The predicted octanol–water partition coefficient (Wildman–Crippen LogP) is 1.81. The highest BCUT2D eigenvalue weighted by atomic mass is 35.5. The topological polar surface area (TPSA) is 61.0 Å². The molecule has 4 rings (SSSR count). The van der Waals surface area contributed by atoms with Crippen LogP contribution in [0.4, 0.5) is 0 Å². The van der Waals surface area contributed by atoms with Gasteiger partial charge in [0.05, 0.1) is 5.52 Å². The fourth-order valence-corrected chi connectivity index (χ4v) is 3.53. The van der Waals surface area contributed by atoms with Gasteiger partial charge in [-0.15, -0.1) is 12.4 Å². The summed E-state index contributed by atoms with van der Waals surface area (Å²) in [6.07, 6.45) is 2.28. The van der Waals surface area contributed by atoms with Crippen LogP contribution in [0.25, 0.3) is 10.9 Å². The minimum Gasteiger partial charge on any atom is -0.337 e. The van der Waals surface area contributed by atoms with Crippen LogP contribution in [0.2, 0.25) is 0 Å². The molecule has 5 nitrogen and oxygen atoms in total. The molecule has 1 aromatic heterocycles. The summed E-state index contributed by atoms with van der Waals surface area (Å²) in [5, 5.41) is 11.5. The molecule has 1 aromatic carbocycles. The maximum absolute atomic E-state index is 12.7. The molecule has 2 aromatic rings. The number of para-hydroxylation sites is 1. The summed E-state index contributed by atoms with van der Waals surface area (Å²) in [7, 11) is 0. The van der Waals surface area contributed by atoms with E-state index >= 15 is 0 Å². The molecule has 0 radical (unpaired) electrons. The molecule has 3 heterocycles. The van der Waals surface area contributed by atoms with E-state index in [4.69, 9.17) is 0 Å². The van der Waals surface area contributed by atoms with Gasteiger partial charge in [-0.2, -0.15) is 5.10 Å². The lowest BCUT2D eigenvalue weighted by atomic mass is 9.86. The SMILES string of the molecule is Cl.O=C(c1n[nH]c2ccccc12)N1CCC2(CCNC2)C1. The summed E-state index contributed by atoms with van der Waals surface area (Å²) in [5.41, 5.74) is 1.79. The second-order valence-electron chi connectivity index (χ2n) is 6.02. The summed E-state index contributed by atoms with van der Waals surface area (Å²) in [5.74, 6) is 0.0613. The Kier molecular flexibility index (Phi) is 3.63. The zero-order chi connectivity index (χ0) is 13.6. The number of fused-ring (bicyclic) bond motifs is 1. The van der Waals surface area contributed by atoms with Crippen molar-refractivity contribution in [3.8, 4) is 0 Å². The Morgan fingerprint density at radius 2 is 2.14 bits per heavy atom. The predicted molar refractivity (Wildman–Crippen MR) is 83.8 cm³/mol. The molecular weight excluding hydrogens is 288 g/mol. The van der Waals surface area contributed by atoms with Crippen LogP contribution in [0.5, 0.6) is 0 Å². The standard InChI is InChI=1S/C15H18N4O.ClH/c20-14(13-11-3-1-2-4-12(11)17-18-13)19-8-6-15(10-19)5-7-16-9-15;/h1-4,16H,5-10H2,(H,17,18);1H. The van der Waals surface area contributed by atoms with Gasteiger partial charge in [0.15, 0.2) is 5.69 Å². The molecule has 2 aliphatic heterocycles. The van der Waals surface area contributed by atoms with Crippen LogP contribution in [0.1, 0.15) is 23.3 Å². The lowest BCUT2D eigenvalue weighted by molar-refractivity contribution is 0.0772. The van der Waals surface area contributed by atoms with E-state index in [0.29, 0.717) is 11.1 Å². The Bertz CT molecular complexity index is 662. The van der Waals surface area contributed by atoms with Crippen molar-refractivity contribution in [2.45, 2.75) is 12.8 Å². The monoisotopic (exact) mass is 306 g/mol. The number of nitrogens with one attached hydrogen (secondary N) is 2. The van der Waals surface area contributed by atoms with Gasteiger partial charge in [-0.25, -0.2) is 0 Å². The largest absolute Gasteiger partial charge is 0.337 e. The Morgan fingerprint density at radius 3 is 2.95 bits per heavy atom. The zero-order valence-corrected chi connectivity index (χ0v) is 12.6. The second kappa shape index (κ2) is 5.31. The van der Waals surface area contributed by atoms with Crippen molar-refractivity contribution in [3.63, 3.8) is 0 Å². The Morgan fingerprint density at radius 1 is 1.29 bits per heavy atom. The average Bonchev–Trinajstić information content (AvgIpc) is 3.20. The van der Waals surface area contributed by atoms with Crippen molar-refractivity contribution < 1.29 is 4.79 Å². The van der Waals surface area contributed by atoms with Gasteiger partial charge in [0, 0.05) is 30.4 Å². The second-order valence-corrected chi connectivity index (χ2v) is 6.02. The highest BCUT2D eigenvalue weighted by Gasteiger charge is 2.42. The lowest BCUT2D eigenvalue weighted by Gasteiger charge is -2.22. The maximum Gasteiger partial charge on any atom is 0.275 e. The number of benzene rings is 1. The lowest BCUT2D eigenvalue weighted by Crippen LogP contribution is -2.33. The van der Waals surface area contributed by atoms with Gasteiger partial charge >= 0.3 is 0 Å². The summed E-state index contributed by atoms with van der Waals surface area (Å²) in [6.45, 7) is 3.83. The number of carbonyl (C=O) groups is 1. The summed E-state index contributed by atoms with van der Waals surface area (Å²) < 4.78 is 0. The first-order valence-electron chi connectivity index (χ1n) is 7.21. The molecule has 2 fully saturated rings. The van der Waals surface area contributed by atoms with E-state index in [1.807, 2.05) is 29.2 Å². The van der Waals surface area contributed by atoms with Crippen LogP contribution in [0, 0.1) is 5.41 Å². The number of H-pyrrole nitrogens is 1. The van der Waals surface area contributed by atoms with Crippen LogP contribution < -0.4 is 5.32 Å². The third-order valence-corrected chi connectivity index (χ3v) is 4.73. The van der Waals surface area contributed by atoms with Crippen molar-refractivity contribution in [1.82, 2.24) is 20.4 Å². The average molecular weight is 307 g/mol. The highest BCUT2D eigenvalue weighted by molar-refractivity contribution is 6.04.